The van der Waals surface area contributed by atoms with Gasteiger partial charge in [0.15, 0.2) is 0 Å². The number of anilines is 1. The van der Waals surface area contributed by atoms with Crippen LogP contribution < -0.4 is 4.90 Å². The summed E-state index contributed by atoms with van der Waals surface area (Å²) in [5.41, 5.74) is 0. The highest BCUT2D eigenvalue weighted by Gasteiger charge is 2.35. The van der Waals surface area contributed by atoms with Crippen molar-refractivity contribution in [2.75, 3.05) is 44.3 Å². The summed E-state index contributed by atoms with van der Waals surface area (Å²) in [5.74, 6) is 0.704. The predicted molar refractivity (Wildman–Crippen MR) is 76.7 cm³/mol. The number of hydrogen-bond acceptors (Lipinski definition) is 6. The van der Waals surface area contributed by atoms with Crippen molar-refractivity contribution in [2.45, 2.75) is 13.8 Å². The predicted octanol–water partition coefficient (Wildman–Crippen LogP) is 1.78. The van der Waals surface area contributed by atoms with Crippen LogP contribution in [-0.2, 0) is 13.6 Å². The van der Waals surface area contributed by atoms with E-state index in [0.29, 0.717) is 45.3 Å². The van der Waals surface area contributed by atoms with Crippen molar-refractivity contribution in [3.05, 3.63) is 18.5 Å². The quantitative estimate of drug-likeness (QED) is 0.742. The van der Waals surface area contributed by atoms with Crippen molar-refractivity contribution in [3.63, 3.8) is 0 Å². The Hall–Kier alpha value is -1.01. The maximum Gasteiger partial charge on any atom is 0.408 e. The van der Waals surface area contributed by atoms with E-state index in [-0.39, 0.29) is 0 Å². The third-order valence-electron chi connectivity index (χ3n) is 3.02. The van der Waals surface area contributed by atoms with Crippen LogP contribution in [0.4, 0.5) is 5.95 Å². The van der Waals surface area contributed by atoms with Crippen molar-refractivity contribution in [1.82, 2.24) is 14.6 Å². The van der Waals surface area contributed by atoms with E-state index in [1.54, 1.807) is 23.1 Å². The molecule has 2 rings (SSSR count). The Balaban J connectivity index is 1.98. The Labute approximate surface area is 119 Å². The molecule has 0 aromatic carbocycles. The number of hydrogen-bond donors (Lipinski definition) is 0. The van der Waals surface area contributed by atoms with Crippen molar-refractivity contribution in [3.8, 4) is 0 Å². The molecular weight excluding hydrogens is 279 g/mol. The minimum absolute atomic E-state index is 0.374. The lowest BCUT2D eigenvalue weighted by Crippen LogP contribution is -2.46. The minimum Gasteiger partial charge on any atom is -0.338 e. The largest absolute Gasteiger partial charge is 0.408 e. The van der Waals surface area contributed by atoms with Crippen LogP contribution in [0.3, 0.4) is 0 Å². The highest BCUT2D eigenvalue weighted by molar-refractivity contribution is 7.51. The molecule has 1 fully saturated rings. The van der Waals surface area contributed by atoms with Gasteiger partial charge in [0, 0.05) is 38.6 Å². The Morgan fingerprint density at radius 3 is 2.15 bits per heavy atom. The smallest absolute Gasteiger partial charge is 0.338 e. The molecule has 0 radical (unpaired) electrons. The SMILES string of the molecule is CCOP(=O)(OCC)N1CCN(c2ncccn2)CC1. The molecule has 2 heterocycles. The zero-order chi connectivity index (χ0) is 14.4. The Bertz CT molecular complexity index is 441. The summed E-state index contributed by atoms with van der Waals surface area (Å²) >= 11 is 0. The van der Waals surface area contributed by atoms with Gasteiger partial charge in [0.2, 0.25) is 5.95 Å². The summed E-state index contributed by atoms with van der Waals surface area (Å²) in [6.45, 7) is 7.01. The minimum atomic E-state index is -3.15. The van der Waals surface area contributed by atoms with E-state index in [1.807, 2.05) is 13.8 Å². The second-order valence-corrected chi connectivity index (χ2v) is 6.31. The van der Waals surface area contributed by atoms with Gasteiger partial charge < -0.3 is 4.90 Å². The van der Waals surface area contributed by atoms with E-state index in [0.717, 1.165) is 0 Å². The Morgan fingerprint density at radius 1 is 1.10 bits per heavy atom. The van der Waals surface area contributed by atoms with Gasteiger partial charge in [-0.3, -0.25) is 9.05 Å². The molecule has 0 aliphatic carbocycles. The van der Waals surface area contributed by atoms with E-state index < -0.39 is 7.75 Å². The van der Waals surface area contributed by atoms with Crippen LogP contribution in [0.25, 0.3) is 0 Å². The molecule has 0 saturated carbocycles. The Kier molecular flexibility index (Phi) is 5.48. The molecule has 1 aromatic rings. The fraction of sp³-hybridized carbons (Fsp3) is 0.667. The lowest BCUT2D eigenvalue weighted by atomic mass is 10.4. The molecule has 0 atom stereocenters. The zero-order valence-corrected chi connectivity index (χ0v) is 12.8. The van der Waals surface area contributed by atoms with Crippen molar-refractivity contribution in [2.24, 2.45) is 0 Å². The number of rotatable bonds is 6. The molecule has 0 bridgehead atoms. The van der Waals surface area contributed by atoms with Gasteiger partial charge in [-0.15, -0.1) is 0 Å². The van der Waals surface area contributed by atoms with E-state index in [9.17, 15) is 4.57 Å². The molecule has 1 aliphatic heterocycles. The Morgan fingerprint density at radius 2 is 1.65 bits per heavy atom. The summed E-state index contributed by atoms with van der Waals surface area (Å²) < 4.78 is 25.2. The molecule has 1 aliphatic rings. The highest BCUT2D eigenvalue weighted by Crippen LogP contribution is 2.52. The third-order valence-corrected chi connectivity index (χ3v) is 5.28. The molecular formula is C12H21N4O3P. The van der Waals surface area contributed by atoms with Gasteiger partial charge in [0.05, 0.1) is 13.2 Å². The first kappa shape index (κ1) is 15.4. The molecule has 7 nitrogen and oxygen atoms in total. The van der Waals surface area contributed by atoms with Crippen LogP contribution in [0.1, 0.15) is 13.8 Å². The second-order valence-electron chi connectivity index (χ2n) is 4.29. The van der Waals surface area contributed by atoms with Crippen molar-refractivity contribution < 1.29 is 13.6 Å². The number of piperazine rings is 1. The molecule has 1 aromatic heterocycles. The molecule has 20 heavy (non-hydrogen) atoms. The molecule has 8 heteroatoms. The van der Waals surface area contributed by atoms with Gasteiger partial charge in [0.25, 0.3) is 0 Å². The zero-order valence-electron chi connectivity index (χ0n) is 11.9. The van der Waals surface area contributed by atoms with E-state index >= 15 is 0 Å². The van der Waals surface area contributed by atoms with E-state index in [2.05, 4.69) is 14.9 Å². The molecule has 0 amide bonds. The fourth-order valence-corrected chi connectivity index (χ4v) is 3.84. The summed E-state index contributed by atoms with van der Waals surface area (Å²) in [6.07, 6.45) is 3.44. The first-order chi connectivity index (χ1) is 9.69. The average molecular weight is 300 g/mol. The van der Waals surface area contributed by atoms with Gasteiger partial charge in [-0.2, -0.15) is 0 Å². The third kappa shape index (κ3) is 3.55. The number of nitrogens with zero attached hydrogens (tertiary/aromatic N) is 4. The topological polar surface area (TPSA) is 67.8 Å². The lowest BCUT2D eigenvalue weighted by molar-refractivity contribution is 0.164. The average Bonchev–Trinajstić information content (AvgIpc) is 2.49. The van der Waals surface area contributed by atoms with Crippen LogP contribution in [0, 0.1) is 0 Å². The maximum atomic E-state index is 12.6. The first-order valence-corrected chi connectivity index (χ1v) is 8.35. The van der Waals surface area contributed by atoms with Crippen molar-refractivity contribution >= 4 is 13.7 Å². The lowest BCUT2D eigenvalue weighted by Gasteiger charge is -2.37. The molecule has 0 spiro atoms. The summed E-state index contributed by atoms with van der Waals surface area (Å²) in [4.78, 5) is 10.5. The highest BCUT2D eigenvalue weighted by atomic mass is 31.2. The fourth-order valence-electron chi connectivity index (χ4n) is 2.12. The van der Waals surface area contributed by atoms with Gasteiger partial charge >= 0.3 is 7.75 Å². The first-order valence-electron chi connectivity index (χ1n) is 6.86. The molecule has 1 saturated heterocycles. The second kappa shape index (κ2) is 7.13. The van der Waals surface area contributed by atoms with E-state index in [4.69, 9.17) is 9.05 Å². The standard InChI is InChI=1S/C12H21N4O3P/c1-3-18-20(17,19-4-2)16-10-8-15(9-11-16)12-13-6-5-7-14-12/h5-7H,3-4,8-11H2,1-2H3. The van der Waals surface area contributed by atoms with Crippen LogP contribution in [0.2, 0.25) is 0 Å². The maximum absolute atomic E-state index is 12.6. The van der Waals surface area contributed by atoms with Gasteiger partial charge in [-0.05, 0) is 19.9 Å². The summed E-state index contributed by atoms with van der Waals surface area (Å²) in [5, 5.41) is 0. The van der Waals surface area contributed by atoms with Gasteiger partial charge in [-0.1, -0.05) is 0 Å². The van der Waals surface area contributed by atoms with E-state index in [1.165, 1.54) is 0 Å². The number of aromatic nitrogens is 2. The van der Waals surface area contributed by atoms with Gasteiger partial charge in [-0.25, -0.2) is 19.2 Å². The van der Waals surface area contributed by atoms with Crippen LogP contribution in [0.5, 0.6) is 0 Å². The molecule has 0 N–H and O–H groups in total. The van der Waals surface area contributed by atoms with Crippen molar-refractivity contribution in [1.29, 1.82) is 0 Å². The van der Waals surface area contributed by atoms with Crippen LogP contribution >= 0.6 is 7.75 Å². The monoisotopic (exact) mass is 300 g/mol. The van der Waals surface area contributed by atoms with Crippen LogP contribution in [0.15, 0.2) is 18.5 Å². The van der Waals surface area contributed by atoms with Crippen LogP contribution in [-0.4, -0.2) is 54.0 Å². The molecule has 0 unspecified atom stereocenters. The summed E-state index contributed by atoms with van der Waals surface area (Å²) in [6, 6.07) is 1.79. The van der Waals surface area contributed by atoms with Gasteiger partial charge in [0.1, 0.15) is 0 Å². The summed E-state index contributed by atoms with van der Waals surface area (Å²) in [7, 11) is -3.15. The normalized spacial score (nSPS) is 17.4. The molecule has 112 valence electrons.